The molecule has 31 heavy (non-hydrogen) atoms. The predicted molar refractivity (Wildman–Crippen MR) is 127 cm³/mol. The summed E-state index contributed by atoms with van der Waals surface area (Å²) in [6, 6.07) is 22.7. The summed E-state index contributed by atoms with van der Waals surface area (Å²) < 4.78 is 2.01. The first-order valence-corrected chi connectivity index (χ1v) is 10.4. The van der Waals surface area contributed by atoms with Crippen LogP contribution < -0.4 is 0 Å². The van der Waals surface area contributed by atoms with Crippen molar-refractivity contribution in [1.82, 2.24) is 19.6 Å². The summed E-state index contributed by atoms with van der Waals surface area (Å²) in [4.78, 5) is 7.35. The van der Waals surface area contributed by atoms with E-state index in [1.165, 1.54) is 17.5 Å². The molecule has 0 aliphatic heterocycles. The summed E-state index contributed by atoms with van der Waals surface area (Å²) in [5.74, 6) is 0. The normalized spacial score (nSPS) is 10.6. The fourth-order valence-electron chi connectivity index (χ4n) is 3.57. The second kappa shape index (κ2) is 9.11. The molecule has 5 heteroatoms. The summed E-state index contributed by atoms with van der Waals surface area (Å²) in [5.41, 5.74) is 8.92. The van der Waals surface area contributed by atoms with Crippen molar-refractivity contribution in [2.24, 2.45) is 0 Å². The second-order valence-electron chi connectivity index (χ2n) is 7.46. The van der Waals surface area contributed by atoms with E-state index in [9.17, 15) is 0 Å². The van der Waals surface area contributed by atoms with Crippen LogP contribution >= 0.6 is 11.6 Å². The van der Waals surface area contributed by atoms with Gasteiger partial charge in [0.05, 0.1) is 16.9 Å². The molecule has 5 aromatic rings. The number of rotatable bonds is 2. The van der Waals surface area contributed by atoms with E-state index in [4.69, 9.17) is 16.7 Å². The molecule has 0 aliphatic rings. The van der Waals surface area contributed by atoms with Gasteiger partial charge in [0.1, 0.15) is 6.33 Å². The molecular formula is C26H23ClN4. The molecular weight excluding hydrogens is 404 g/mol. The van der Waals surface area contributed by atoms with Gasteiger partial charge in [-0.3, -0.25) is 0 Å². The van der Waals surface area contributed by atoms with Crippen LogP contribution in [0.25, 0.3) is 27.9 Å². The maximum absolute atomic E-state index is 6.47. The number of aromatic nitrogens is 4. The van der Waals surface area contributed by atoms with Crippen molar-refractivity contribution in [3.63, 3.8) is 0 Å². The van der Waals surface area contributed by atoms with Gasteiger partial charge in [-0.2, -0.15) is 5.10 Å². The molecule has 0 amide bonds. The maximum Gasteiger partial charge on any atom is 0.115 e. The van der Waals surface area contributed by atoms with Gasteiger partial charge >= 0.3 is 0 Å². The van der Waals surface area contributed by atoms with Crippen molar-refractivity contribution in [3.05, 3.63) is 107 Å². The molecule has 0 aliphatic carbocycles. The van der Waals surface area contributed by atoms with Crippen LogP contribution in [0.15, 0.2) is 85.5 Å². The Hall–Kier alpha value is -3.50. The monoisotopic (exact) mass is 426 g/mol. The third-order valence-electron chi connectivity index (χ3n) is 5.01. The number of hydrogen-bond acceptors (Lipinski definition) is 3. The molecule has 3 aromatic heterocycles. The summed E-state index contributed by atoms with van der Waals surface area (Å²) >= 11 is 6.47. The Balaban J connectivity index is 0.000000334. The highest BCUT2D eigenvalue weighted by molar-refractivity contribution is 6.31. The number of aryl methyl sites for hydroxylation is 3. The van der Waals surface area contributed by atoms with E-state index >= 15 is 0 Å². The van der Waals surface area contributed by atoms with Crippen LogP contribution in [0.2, 0.25) is 5.02 Å². The van der Waals surface area contributed by atoms with Gasteiger partial charge in [-0.15, -0.1) is 0 Å². The predicted octanol–water partition coefficient (Wildman–Crippen LogP) is 6.72. The third-order valence-corrected chi connectivity index (χ3v) is 5.22. The van der Waals surface area contributed by atoms with Gasteiger partial charge in [0.2, 0.25) is 0 Å². The second-order valence-corrected chi connectivity index (χ2v) is 7.89. The Labute approximate surface area is 187 Å². The fourth-order valence-corrected chi connectivity index (χ4v) is 3.77. The number of fused-ring (bicyclic) bond motifs is 1. The summed E-state index contributed by atoms with van der Waals surface area (Å²) in [6.07, 6.45) is 4.88. The Bertz CT molecular complexity index is 1280. The zero-order valence-corrected chi connectivity index (χ0v) is 18.5. The highest BCUT2D eigenvalue weighted by Crippen LogP contribution is 2.34. The van der Waals surface area contributed by atoms with Crippen molar-refractivity contribution < 1.29 is 0 Å². The summed E-state index contributed by atoms with van der Waals surface area (Å²) in [5, 5.41) is 5.54. The zero-order valence-electron chi connectivity index (χ0n) is 17.7. The zero-order chi connectivity index (χ0) is 21.8. The van der Waals surface area contributed by atoms with E-state index in [0.29, 0.717) is 0 Å². The standard InChI is InChI=1S/C22H19ClN2.C4H4N2/c1-14-7-9-17(10-8-14)22-16(3)24-25-20(12-19(23)13-21(22)25)18-6-4-5-15(2)11-18;1-2-5-4-6-3-1/h4-13H,1-3H3;1-4H. The van der Waals surface area contributed by atoms with E-state index in [2.05, 4.69) is 79.3 Å². The van der Waals surface area contributed by atoms with Gasteiger partial charge in [0.25, 0.3) is 0 Å². The molecule has 3 heterocycles. The quantitative estimate of drug-likeness (QED) is 0.314. The first-order chi connectivity index (χ1) is 15.0. The molecule has 4 nitrogen and oxygen atoms in total. The van der Waals surface area contributed by atoms with E-state index in [1.54, 1.807) is 18.5 Å². The van der Waals surface area contributed by atoms with Crippen molar-refractivity contribution in [1.29, 1.82) is 0 Å². The van der Waals surface area contributed by atoms with Crippen molar-refractivity contribution >= 4 is 17.1 Å². The topological polar surface area (TPSA) is 43.1 Å². The lowest BCUT2D eigenvalue weighted by atomic mass is 10.0. The summed E-state index contributed by atoms with van der Waals surface area (Å²) in [6.45, 7) is 6.24. The number of pyridine rings is 1. The highest BCUT2D eigenvalue weighted by Gasteiger charge is 2.15. The molecule has 2 aromatic carbocycles. The molecule has 0 unspecified atom stereocenters. The van der Waals surface area contributed by atoms with Crippen LogP contribution in [0.5, 0.6) is 0 Å². The lowest BCUT2D eigenvalue weighted by molar-refractivity contribution is 0.942. The minimum Gasteiger partial charge on any atom is -0.245 e. The minimum atomic E-state index is 0.720. The molecule has 5 rings (SSSR count). The van der Waals surface area contributed by atoms with Crippen LogP contribution in [-0.4, -0.2) is 19.6 Å². The Morgan fingerprint density at radius 3 is 2.10 bits per heavy atom. The average molecular weight is 427 g/mol. The lowest BCUT2D eigenvalue weighted by Gasteiger charge is -2.08. The largest absolute Gasteiger partial charge is 0.245 e. The molecule has 0 N–H and O–H groups in total. The average Bonchev–Trinajstić information content (AvgIpc) is 3.11. The molecule has 0 radical (unpaired) electrons. The molecule has 0 spiro atoms. The maximum atomic E-state index is 6.47. The third kappa shape index (κ3) is 4.65. The van der Waals surface area contributed by atoms with E-state index in [1.807, 2.05) is 16.6 Å². The van der Waals surface area contributed by atoms with Gasteiger partial charge in [-0.05, 0) is 50.6 Å². The smallest absolute Gasteiger partial charge is 0.115 e. The number of hydrogen-bond donors (Lipinski definition) is 0. The Morgan fingerprint density at radius 2 is 1.48 bits per heavy atom. The van der Waals surface area contributed by atoms with Gasteiger partial charge in [-0.1, -0.05) is 65.2 Å². The van der Waals surface area contributed by atoms with E-state index < -0.39 is 0 Å². The number of benzene rings is 2. The first kappa shape index (κ1) is 20.8. The van der Waals surface area contributed by atoms with Gasteiger partial charge in [0, 0.05) is 28.5 Å². The van der Waals surface area contributed by atoms with Gasteiger partial charge in [0.15, 0.2) is 0 Å². The molecule has 154 valence electrons. The fraction of sp³-hybridized carbons (Fsp3) is 0.115. The van der Waals surface area contributed by atoms with Crippen LogP contribution in [0.3, 0.4) is 0 Å². The van der Waals surface area contributed by atoms with E-state index in [-0.39, 0.29) is 0 Å². The number of halogens is 1. The van der Waals surface area contributed by atoms with Crippen molar-refractivity contribution in [2.75, 3.05) is 0 Å². The summed E-state index contributed by atoms with van der Waals surface area (Å²) in [7, 11) is 0. The minimum absolute atomic E-state index is 0.720. The molecule has 0 saturated carbocycles. The van der Waals surface area contributed by atoms with Gasteiger partial charge < -0.3 is 0 Å². The lowest BCUT2D eigenvalue weighted by Crippen LogP contribution is -1.94. The van der Waals surface area contributed by atoms with Crippen LogP contribution in [0.4, 0.5) is 0 Å². The van der Waals surface area contributed by atoms with Crippen LogP contribution in [0, 0.1) is 20.8 Å². The molecule has 0 atom stereocenters. The van der Waals surface area contributed by atoms with Crippen molar-refractivity contribution in [3.8, 4) is 22.4 Å². The van der Waals surface area contributed by atoms with E-state index in [0.717, 1.165) is 38.6 Å². The first-order valence-electron chi connectivity index (χ1n) is 10.1. The Morgan fingerprint density at radius 1 is 0.742 bits per heavy atom. The van der Waals surface area contributed by atoms with Crippen molar-refractivity contribution in [2.45, 2.75) is 20.8 Å². The van der Waals surface area contributed by atoms with Gasteiger partial charge in [-0.25, -0.2) is 14.5 Å². The Kier molecular flexibility index (Phi) is 6.10. The van der Waals surface area contributed by atoms with Crippen LogP contribution in [-0.2, 0) is 0 Å². The molecule has 0 bridgehead atoms. The number of nitrogens with zero attached hydrogens (tertiary/aromatic N) is 4. The highest BCUT2D eigenvalue weighted by atomic mass is 35.5. The molecule has 0 fully saturated rings. The molecule has 0 saturated heterocycles. The SMILES string of the molecule is Cc1ccc(-c2c(C)nn3c(-c4cccc(C)c4)cc(Cl)cc23)cc1.c1cncnc1. The van der Waals surface area contributed by atoms with Crippen LogP contribution in [0.1, 0.15) is 16.8 Å².